The first-order valence-corrected chi connectivity index (χ1v) is 11.2. The molecule has 2 unspecified atom stereocenters. The van der Waals surface area contributed by atoms with Crippen LogP contribution in [0.5, 0.6) is 11.6 Å². The van der Waals surface area contributed by atoms with E-state index >= 15 is 0 Å². The van der Waals surface area contributed by atoms with Crippen molar-refractivity contribution in [3.8, 4) is 17.7 Å². The minimum atomic E-state index is -0.579. The summed E-state index contributed by atoms with van der Waals surface area (Å²) in [4.78, 5) is 19.6. The Hall–Kier alpha value is -4.04. The first-order chi connectivity index (χ1) is 17.1. The van der Waals surface area contributed by atoms with E-state index in [1.54, 1.807) is 0 Å². The summed E-state index contributed by atoms with van der Waals surface area (Å²) >= 11 is 0. The van der Waals surface area contributed by atoms with Crippen LogP contribution >= 0.6 is 0 Å². The Morgan fingerprint density at radius 2 is 1.89 bits per heavy atom. The molecule has 10 nitrogen and oxygen atoms in total. The summed E-state index contributed by atoms with van der Waals surface area (Å²) < 4.78 is 32.2. The van der Waals surface area contributed by atoms with Crippen LogP contribution in [0.25, 0.3) is 0 Å². The molecule has 1 aromatic carbocycles. The molecule has 2 bridgehead atoms. The second-order valence-electron chi connectivity index (χ2n) is 8.60. The molecule has 2 aliphatic heterocycles. The highest BCUT2D eigenvalue weighted by Crippen LogP contribution is 2.38. The molecule has 3 aromatic rings. The first kappa shape index (κ1) is 22.7. The summed E-state index contributed by atoms with van der Waals surface area (Å²) in [5, 5.41) is 11.9. The molecule has 0 aliphatic carbocycles. The Morgan fingerprint density at radius 3 is 2.54 bits per heavy atom. The minimum Gasteiger partial charge on any atom is -0.489 e. The van der Waals surface area contributed by atoms with Crippen molar-refractivity contribution in [2.24, 2.45) is 11.8 Å². The van der Waals surface area contributed by atoms with Crippen LogP contribution in [0.2, 0.25) is 0 Å². The molecule has 4 heterocycles. The number of nitrogens with one attached hydrogen (secondary N) is 1. The summed E-state index contributed by atoms with van der Waals surface area (Å²) in [6.45, 7) is 4.40. The van der Waals surface area contributed by atoms with Crippen molar-refractivity contribution >= 4 is 17.5 Å². The molecule has 11 heteroatoms. The number of aromatic nitrogens is 4. The highest BCUT2D eigenvalue weighted by Gasteiger charge is 2.43. The molecule has 0 spiro atoms. The molecule has 35 heavy (non-hydrogen) atoms. The summed E-state index contributed by atoms with van der Waals surface area (Å²) in [7, 11) is 1.48. The van der Waals surface area contributed by atoms with E-state index in [-0.39, 0.29) is 46.6 Å². The maximum Gasteiger partial charge on any atom is 0.262 e. The lowest BCUT2D eigenvalue weighted by atomic mass is 9.84. The molecule has 5 rings (SSSR count). The van der Waals surface area contributed by atoms with Gasteiger partial charge >= 0.3 is 0 Å². The number of nitrogens with zero attached hydrogens (tertiary/aromatic N) is 6. The summed E-state index contributed by atoms with van der Waals surface area (Å²) in [6, 6.07) is 6.05. The SMILES string of the molecule is COc1c(Nc2ccc(C#N)cc2F)ncnc1OC1C2COCC1CN(c1ncc(C)cn1)C2. The Morgan fingerprint density at radius 1 is 1.14 bits per heavy atom. The van der Waals surface area contributed by atoms with Gasteiger partial charge in [-0.25, -0.2) is 19.3 Å². The number of halogens is 1. The highest BCUT2D eigenvalue weighted by atomic mass is 19.1. The number of aryl methyl sites for hydroxylation is 1. The number of fused-ring (bicyclic) bond motifs is 2. The van der Waals surface area contributed by atoms with Gasteiger partial charge < -0.3 is 24.4 Å². The Kier molecular flexibility index (Phi) is 6.29. The van der Waals surface area contributed by atoms with E-state index in [9.17, 15) is 4.39 Å². The predicted octanol–water partition coefficient (Wildman–Crippen LogP) is 2.87. The van der Waals surface area contributed by atoms with Crippen LogP contribution in [0.1, 0.15) is 11.1 Å². The fraction of sp³-hybridized carbons (Fsp3) is 0.375. The van der Waals surface area contributed by atoms with Crippen molar-refractivity contribution < 1.29 is 18.6 Å². The van der Waals surface area contributed by atoms with Gasteiger partial charge in [0, 0.05) is 37.3 Å². The van der Waals surface area contributed by atoms with Gasteiger partial charge in [0.05, 0.1) is 37.6 Å². The second kappa shape index (κ2) is 9.68. The van der Waals surface area contributed by atoms with Crippen LogP contribution in [0, 0.1) is 35.9 Å². The van der Waals surface area contributed by atoms with E-state index in [0.29, 0.717) is 32.3 Å². The zero-order chi connectivity index (χ0) is 24.4. The summed E-state index contributed by atoms with van der Waals surface area (Å²) in [5.41, 5.74) is 1.39. The van der Waals surface area contributed by atoms with Gasteiger partial charge in [0.15, 0.2) is 5.82 Å². The van der Waals surface area contributed by atoms with Crippen molar-refractivity contribution in [3.63, 3.8) is 0 Å². The molecule has 0 radical (unpaired) electrons. The van der Waals surface area contributed by atoms with Gasteiger partial charge in [-0.1, -0.05) is 0 Å². The topological polar surface area (TPSA) is 118 Å². The maximum absolute atomic E-state index is 14.4. The number of rotatable bonds is 6. The molecule has 2 aromatic heterocycles. The number of hydrogen-bond donors (Lipinski definition) is 1. The van der Waals surface area contributed by atoms with Gasteiger partial charge in [-0.05, 0) is 30.7 Å². The molecule has 2 aliphatic rings. The number of ether oxygens (including phenoxy) is 3. The fourth-order valence-electron chi connectivity index (χ4n) is 4.46. The van der Waals surface area contributed by atoms with E-state index in [1.165, 1.54) is 25.6 Å². The van der Waals surface area contributed by atoms with Crippen molar-refractivity contribution in [2.45, 2.75) is 13.0 Å². The minimum absolute atomic E-state index is 0.0689. The Labute approximate surface area is 201 Å². The highest BCUT2D eigenvalue weighted by molar-refractivity contribution is 5.65. The Balaban J connectivity index is 1.36. The summed E-state index contributed by atoms with van der Waals surface area (Å²) in [6.07, 6.45) is 4.81. The maximum atomic E-state index is 14.4. The lowest BCUT2D eigenvalue weighted by molar-refractivity contribution is -0.0775. The number of methoxy groups -OCH3 is 1. The third-order valence-electron chi connectivity index (χ3n) is 6.13. The molecular weight excluding hydrogens is 453 g/mol. The van der Waals surface area contributed by atoms with Gasteiger partial charge in [0.1, 0.15) is 18.2 Å². The largest absolute Gasteiger partial charge is 0.489 e. The predicted molar refractivity (Wildman–Crippen MR) is 124 cm³/mol. The number of benzene rings is 1. The van der Waals surface area contributed by atoms with Crippen molar-refractivity contribution in [1.29, 1.82) is 5.26 Å². The van der Waals surface area contributed by atoms with Crippen molar-refractivity contribution in [1.82, 2.24) is 19.9 Å². The number of piperidine rings is 1. The molecule has 2 fully saturated rings. The quantitative estimate of drug-likeness (QED) is 0.568. The van der Waals surface area contributed by atoms with E-state index in [0.717, 1.165) is 11.6 Å². The average molecular weight is 478 g/mol. The van der Waals surface area contributed by atoms with E-state index < -0.39 is 5.82 Å². The van der Waals surface area contributed by atoms with E-state index in [2.05, 4.69) is 30.2 Å². The van der Waals surface area contributed by atoms with Crippen LogP contribution in [0.3, 0.4) is 0 Å². The molecule has 2 saturated heterocycles. The fourth-order valence-corrected chi connectivity index (χ4v) is 4.46. The lowest BCUT2D eigenvalue weighted by Gasteiger charge is -2.46. The molecule has 2 atom stereocenters. The second-order valence-corrected chi connectivity index (χ2v) is 8.60. The zero-order valence-corrected chi connectivity index (χ0v) is 19.3. The monoisotopic (exact) mass is 477 g/mol. The third-order valence-corrected chi connectivity index (χ3v) is 6.13. The molecule has 180 valence electrons. The zero-order valence-electron chi connectivity index (χ0n) is 19.3. The van der Waals surface area contributed by atoms with Crippen LogP contribution in [-0.2, 0) is 4.74 Å². The van der Waals surface area contributed by atoms with Gasteiger partial charge in [-0.3, -0.25) is 0 Å². The van der Waals surface area contributed by atoms with Gasteiger partial charge in [0.25, 0.3) is 5.88 Å². The normalized spacial score (nSPS) is 21.2. The lowest BCUT2D eigenvalue weighted by Crippen LogP contribution is -2.58. The summed E-state index contributed by atoms with van der Waals surface area (Å²) in [5.74, 6) is 1.04. The molecule has 1 N–H and O–H groups in total. The molecular formula is C24H24FN7O3. The molecule has 0 amide bonds. The first-order valence-electron chi connectivity index (χ1n) is 11.2. The molecule has 0 saturated carbocycles. The number of anilines is 3. The van der Waals surface area contributed by atoms with Crippen molar-refractivity contribution in [2.75, 3.05) is 43.6 Å². The van der Waals surface area contributed by atoms with E-state index in [1.807, 2.05) is 25.4 Å². The Bertz CT molecular complexity index is 1240. The number of hydrogen-bond acceptors (Lipinski definition) is 10. The van der Waals surface area contributed by atoms with Crippen LogP contribution in [0.15, 0.2) is 36.9 Å². The van der Waals surface area contributed by atoms with Crippen LogP contribution < -0.4 is 19.7 Å². The van der Waals surface area contributed by atoms with Crippen LogP contribution in [0.4, 0.5) is 21.8 Å². The average Bonchev–Trinajstić information content (AvgIpc) is 2.86. The number of nitriles is 1. The van der Waals surface area contributed by atoms with Gasteiger partial charge in [0.2, 0.25) is 11.7 Å². The van der Waals surface area contributed by atoms with Crippen LogP contribution in [-0.4, -0.2) is 59.5 Å². The van der Waals surface area contributed by atoms with Gasteiger partial charge in [-0.15, -0.1) is 0 Å². The standard InChI is InChI=1S/C24H24FN7O3/c1-14-7-27-24(28-8-14)32-9-16-11-34-12-17(10-32)20(16)35-23-21(33-2)22(29-13-30-23)31-19-4-3-15(6-26)5-18(19)25/h3-5,7-8,13,16-17,20H,9-12H2,1-2H3,(H,29,30,31). The third kappa shape index (κ3) is 4.65. The van der Waals surface area contributed by atoms with E-state index in [4.69, 9.17) is 19.5 Å². The van der Waals surface area contributed by atoms with Gasteiger partial charge in [-0.2, -0.15) is 10.2 Å². The van der Waals surface area contributed by atoms with Crippen molar-refractivity contribution in [3.05, 3.63) is 53.9 Å². The smallest absolute Gasteiger partial charge is 0.262 e.